The topological polar surface area (TPSA) is 45.8 Å². The van der Waals surface area contributed by atoms with E-state index in [-0.39, 0.29) is 5.56 Å². The second-order valence-electron chi connectivity index (χ2n) is 4.33. The van der Waals surface area contributed by atoms with Crippen molar-refractivity contribution in [2.24, 2.45) is 0 Å². The van der Waals surface area contributed by atoms with Crippen LogP contribution in [0.4, 0.5) is 4.39 Å². The number of fused-ring (bicyclic) bond motifs is 1. The summed E-state index contributed by atoms with van der Waals surface area (Å²) in [6.07, 6.45) is 1.44. The average Bonchev–Trinajstić information content (AvgIpc) is 2.86. The molecular weight excluding hydrogens is 255 g/mol. The summed E-state index contributed by atoms with van der Waals surface area (Å²) in [6, 6.07) is 14.9. The Labute approximate surface area is 114 Å². The molecule has 0 N–H and O–H groups in total. The minimum absolute atomic E-state index is 0.0160. The molecule has 0 bridgehead atoms. The minimum atomic E-state index is -0.575. The molecule has 1 aromatic heterocycles. The third-order valence-corrected chi connectivity index (χ3v) is 3.16. The Balaban J connectivity index is 2.24. The van der Waals surface area contributed by atoms with Gasteiger partial charge in [-0.2, -0.15) is 5.26 Å². The number of rotatable bonds is 1. The third-order valence-electron chi connectivity index (χ3n) is 3.16. The monoisotopic (exact) mass is 264 g/mol. The summed E-state index contributed by atoms with van der Waals surface area (Å²) in [5.74, 6) is -1.06. The molecule has 0 aliphatic heterocycles. The summed E-state index contributed by atoms with van der Waals surface area (Å²) < 4.78 is 15.0. The highest BCUT2D eigenvalue weighted by atomic mass is 19.1. The van der Waals surface area contributed by atoms with Crippen molar-refractivity contribution in [3.05, 3.63) is 71.7 Å². The van der Waals surface area contributed by atoms with Gasteiger partial charge in [-0.05, 0) is 18.2 Å². The molecule has 0 radical (unpaired) electrons. The van der Waals surface area contributed by atoms with Crippen molar-refractivity contribution in [3.8, 4) is 6.07 Å². The molecule has 2 aromatic carbocycles. The second-order valence-corrected chi connectivity index (χ2v) is 4.33. The van der Waals surface area contributed by atoms with Gasteiger partial charge in [-0.3, -0.25) is 9.36 Å². The van der Waals surface area contributed by atoms with Gasteiger partial charge in [0, 0.05) is 11.6 Å². The molecule has 3 aromatic rings. The molecule has 0 atom stereocenters. The predicted molar refractivity (Wildman–Crippen MR) is 72.8 cm³/mol. The van der Waals surface area contributed by atoms with Gasteiger partial charge in [0.15, 0.2) is 0 Å². The third kappa shape index (κ3) is 1.77. The van der Waals surface area contributed by atoms with E-state index < -0.39 is 11.7 Å². The van der Waals surface area contributed by atoms with Crippen molar-refractivity contribution in [1.29, 1.82) is 5.26 Å². The van der Waals surface area contributed by atoms with Crippen LogP contribution in [0, 0.1) is 17.1 Å². The van der Waals surface area contributed by atoms with Crippen LogP contribution >= 0.6 is 0 Å². The van der Waals surface area contributed by atoms with Crippen LogP contribution in [0.3, 0.4) is 0 Å². The fourth-order valence-electron chi connectivity index (χ4n) is 2.20. The normalized spacial score (nSPS) is 10.4. The maximum Gasteiger partial charge on any atom is 0.265 e. The molecule has 3 rings (SSSR count). The van der Waals surface area contributed by atoms with Crippen LogP contribution in [0.15, 0.2) is 54.7 Å². The van der Waals surface area contributed by atoms with E-state index in [0.29, 0.717) is 16.5 Å². The lowest BCUT2D eigenvalue weighted by Gasteiger charge is -2.04. The zero-order valence-electron chi connectivity index (χ0n) is 10.4. The van der Waals surface area contributed by atoms with Gasteiger partial charge in [0.05, 0.1) is 16.6 Å². The number of hydrogen-bond donors (Lipinski definition) is 0. The van der Waals surface area contributed by atoms with E-state index in [1.165, 1.54) is 29.0 Å². The Morgan fingerprint density at radius 3 is 2.55 bits per heavy atom. The van der Waals surface area contributed by atoms with Crippen LogP contribution in [-0.2, 0) is 0 Å². The molecule has 0 saturated heterocycles. The molecule has 1 heterocycles. The van der Waals surface area contributed by atoms with Crippen LogP contribution in [0.5, 0.6) is 0 Å². The number of carbonyl (C=O) groups is 1. The minimum Gasteiger partial charge on any atom is -0.282 e. The number of nitriles is 1. The standard InChI is InChI=1S/C16H9FN2O/c17-14-7-3-1-6-13(14)16(20)19-10-11(9-18)12-5-2-4-8-15(12)19/h1-8,10H. The van der Waals surface area contributed by atoms with E-state index in [9.17, 15) is 9.18 Å². The molecule has 0 saturated carbocycles. The van der Waals surface area contributed by atoms with Gasteiger partial charge in [-0.25, -0.2) is 4.39 Å². The predicted octanol–water partition coefficient (Wildman–Crippen LogP) is 3.34. The summed E-state index contributed by atoms with van der Waals surface area (Å²) >= 11 is 0. The lowest BCUT2D eigenvalue weighted by Crippen LogP contribution is -2.12. The second kappa shape index (κ2) is 4.63. The molecule has 20 heavy (non-hydrogen) atoms. The van der Waals surface area contributed by atoms with Crippen molar-refractivity contribution >= 4 is 16.8 Å². The van der Waals surface area contributed by atoms with Gasteiger partial charge >= 0.3 is 0 Å². The summed E-state index contributed by atoms with van der Waals surface area (Å²) in [7, 11) is 0. The van der Waals surface area contributed by atoms with Crippen LogP contribution in [0.25, 0.3) is 10.9 Å². The Morgan fingerprint density at radius 2 is 1.80 bits per heavy atom. The number of para-hydroxylation sites is 1. The highest BCUT2D eigenvalue weighted by Crippen LogP contribution is 2.22. The molecule has 0 amide bonds. The number of benzene rings is 2. The largest absolute Gasteiger partial charge is 0.282 e. The maximum atomic E-state index is 13.7. The Morgan fingerprint density at radius 1 is 1.10 bits per heavy atom. The van der Waals surface area contributed by atoms with E-state index in [0.717, 1.165) is 0 Å². The van der Waals surface area contributed by atoms with E-state index in [2.05, 4.69) is 0 Å². The molecule has 0 fully saturated rings. The van der Waals surface area contributed by atoms with Crippen molar-refractivity contribution in [2.45, 2.75) is 0 Å². The van der Waals surface area contributed by atoms with Gasteiger partial charge in [0.2, 0.25) is 0 Å². The van der Waals surface area contributed by atoms with Gasteiger partial charge in [0.1, 0.15) is 11.9 Å². The first-order chi connectivity index (χ1) is 9.72. The van der Waals surface area contributed by atoms with Crippen LogP contribution in [0.2, 0.25) is 0 Å². The first-order valence-corrected chi connectivity index (χ1v) is 6.02. The molecule has 0 unspecified atom stereocenters. The lowest BCUT2D eigenvalue weighted by atomic mass is 10.2. The fraction of sp³-hybridized carbons (Fsp3) is 0. The number of nitrogens with zero attached hydrogens (tertiary/aromatic N) is 2. The van der Waals surface area contributed by atoms with Gasteiger partial charge in [-0.15, -0.1) is 0 Å². The van der Waals surface area contributed by atoms with Crippen molar-refractivity contribution < 1.29 is 9.18 Å². The summed E-state index contributed by atoms with van der Waals surface area (Å²) in [4.78, 5) is 12.4. The van der Waals surface area contributed by atoms with Crippen LogP contribution in [0.1, 0.15) is 15.9 Å². The molecule has 0 spiro atoms. The Kier molecular flexibility index (Phi) is 2.81. The van der Waals surface area contributed by atoms with Gasteiger partial charge in [0.25, 0.3) is 5.91 Å². The quantitative estimate of drug-likeness (QED) is 0.676. The van der Waals surface area contributed by atoms with Crippen molar-refractivity contribution in [2.75, 3.05) is 0 Å². The molecular formula is C16H9FN2O. The van der Waals surface area contributed by atoms with Gasteiger partial charge < -0.3 is 0 Å². The zero-order valence-corrected chi connectivity index (χ0v) is 10.4. The Hall–Kier alpha value is -2.93. The van der Waals surface area contributed by atoms with E-state index in [1.807, 2.05) is 6.07 Å². The molecule has 96 valence electrons. The molecule has 3 nitrogen and oxygen atoms in total. The zero-order chi connectivity index (χ0) is 14.1. The first kappa shape index (κ1) is 12.1. The van der Waals surface area contributed by atoms with Crippen LogP contribution in [-0.4, -0.2) is 10.5 Å². The molecule has 0 aliphatic rings. The summed E-state index contributed by atoms with van der Waals surface area (Å²) in [5, 5.41) is 9.79. The average molecular weight is 264 g/mol. The maximum absolute atomic E-state index is 13.7. The van der Waals surface area contributed by atoms with Crippen molar-refractivity contribution in [3.63, 3.8) is 0 Å². The van der Waals surface area contributed by atoms with E-state index >= 15 is 0 Å². The van der Waals surface area contributed by atoms with E-state index in [4.69, 9.17) is 5.26 Å². The van der Waals surface area contributed by atoms with Gasteiger partial charge in [-0.1, -0.05) is 30.3 Å². The number of halogens is 1. The molecule has 0 aliphatic carbocycles. The van der Waals surface area contributed by atoms with Crippen molar-refractivity contribution in [1.82, 2.24) is 4.57 Å². The number of aromatic nitrogens is 1. The Bertz CT molecular complexity index is 858. The summed E-state index contributed by atoms with van der Waals surface area (Å²) in [5.41, 5.74) is 0.973. The smallest absolute Gasteiger partial charge is 0.265 e. The van der Waals surface area contributed by atoms with E-state index in [1.54, 1.807) is 30.3 Å². The number of carbonyl (C=O) groups excluding carboxylic acids is 1. The summed E-state index contributed by atoms with van der Waals surface area (Å²) in [6.45, 7) is 0. The van der Waals surface area contributed by atoms with Crippen LogP contribution < -0.4 is 0 Å². The highest BCUT2D eigenvalue weighted by Gasteiger charge is 2.17. The first-order valence-electron chi connectivity index (χ1n) is 6.02. The highest BCUT2D eigenvalue weighted by molar-refractivity contribution is 6.03. The fourth-order valence-corrected chi connectivity index (χ4v) is 2.20. The molecule has 4 heteroatoms. The SMILES string of the molecule is N#Cc1cn(C(=O)c2ccccc2F)c2ccccc12. The number of hydrogen-bond acceptors (Lipinski definition) is 2. The lowest BCUT2D eigenvalue weighted by molar-refractivity contribution is 0.0961.